The highest BCUT2D eigenvalue weighted by Gasteiger charge is 2.30. The number of ether oxygens (including phenoxy) is 1. The minimum absolute atomic E-state index is 0.100. The number of hydrogen-bond acceptors (Lipinski definition) is 3. The van der Waals surface area contributed by atoms with Gasteiger partial charge in [-0.3, -0.25) is 5.32 Å². The number of benzene rings is 1. The summed E-state index contributed by atoms with van der Waals surface area (Å²) in [7, 11) is 1.21. The number of esters is 1. The van der Waals surface area contributed by atoms with E-state index in [0.29, 0.717) is 0 Å². The van der Waals surface area contributed by atoms with Crippen molar-refractivity contribution in [1.29, 1.82) is 0 Å². The molecule has 5 heteroatoms. The molecule has 0 bridgehead atoms. The van der Waals surface area contributed by atoms with Crippen LogP contribution in [0.3, 0.4) is 0 Å². The lowest BCUT2D eigenvalue weighted by Gasteiger charge is -2.22. The van der Waals surface area contributed by atoms with Crippen LogP contribution in [-0.4, -0.2) is 19.1 Å². The Kier molecular flexibility index (Phi) is 4.47. The predicted octanol–water partition coefficient (Wildman–Crippen LogP) is 2.71. The Bertz CT molecular complexity index is 439. The molecule has 1 saturated carbocycles. The van der Waals surface area contributed by atoms with Crippen LogP contribution in [0, 0.1) is 11.6 Å². The molecule has 1 aliphatic carbocycles. The second-order valence-electron chi connectivity index (χ2n) is 4.74. The number of methoxy groups -OCH3 is 1. The van der Waals surface area contributed by atoms with E-state index in [1.165, 1.54) is 13.2 Å². The van der Waals surface area contributed by atoms with E-state index in [2.05, 4.69) is 10.1 Å². The lowest BCUT2D eigenvalue weighted by molar-refractivity contribution is -0.143. The van der Waals surface area contributed by atoms with Gasteiger partial charge in [-0.1, -0.05) is 18.9 Å². The number of halogens is 2. The van der Waals surface area contributed by atoms with Crippen molar-refractivity contribution in [3.05, 3.63) is 35.4 Å². The SMILES string of the molecule is COC(=O)C(NC1CCCC1)c1c(F)cccc1F. The van der Waals surface area contributed by atoms with Crippen LogP contribution in [0.2, 0.25) is 0 Å². The second kappa shape index (κ2) is 6.10. The molecule has 0 radical (unpaired) electrons. The van der Waals surface area contributed by atoms with Crippen LogP contribution in [0.15, 0.2) is 18.2 Å². The fourth-order valence-corrected chi connectivity index (χ4v) is 2.50. The molecular weight excluding hydrogens is 252 g/mol. The third-order valence-corrected chi connectivity index (χ3v) is 3.48. The van der Waals surface area contributed by atoms with Gasteiger partial charge < -0.3 is 4.74 Å². The highest BCUT2D eigenvalue weighted by molar-refractivity contribution is 5.77. The number of carbonyl (C=O) groups excluding carboxylic acids is 1. The summed E-state index contributed by atoms with van der Waals surface area (Å²) in [6, 6.07) is 2.57. The fraction of sp³-hybridized carbons (Fsp3) is 0.500. The molecule has 1 fully saturated rings. The quantitative estimate of drug-likeness (QED) is 0.854. The Balaban J connectivity index is 2.28. The van der Waals surface area contributed by atoms with Crippen molar-refractivity contribution in [2.24, 2.45) is 0 Å². The Morgan fingerprint density at radius 1 is 1.32 bits per heavy atom. The van der Waals surface area contributed by atoms with E-state index in [9.17, 15) is 13.6 Å². The maximum Gasteiger partial charge on any atom is 0.327 e. The maximum absolute atomic E-state index is 13.8. The molecule has 104 valence electrons. The third-order valence-electron chi connectivity index (χ3n) is 3.48. The van der Waals surface area contributed by atoms with Crippen molar-refractivity contribution in [2.45, 2.75) is 37.8 Å². The molecule has 0 spiro atoms. The van der Waals surface area contributed by atoms with Gasteiger partial charge in [-0.25, -0.2) is 13.6 Å². The molecule has 0 amide bonds. The van der Waals surface area contributed by atoms with Crippen LogP contribution in [0.1, 0.15) is 37.3 Å². The topological polar surface area (TPSA) is 38.3 Å². The Morgan fingerprint density at radius 3 is 2.42 bits per heavy atom. The van der Waals surface area contributed by atoms with Gasteiger partial charge in [-0.15, -0.1) is 0 Å². The van der Waals surface area contributed by atoms with Gasteiger partial charge >= 0.3 is 5.97 Å². The van der Waals surface area contributed by atoms with Crippen LogP contribution >= 0.6 is 0 Å². The Morgan fingerprint density at radius 2 is 1.89 bits per heavy atom. The van der Waals surface area contributed by atoms with Gasteiger partial charge in [0.05, 0.1) is 12.7 Å². The summed E-state index contributed by atoms with van der Waals surface area (Å²) in [6.07, 6.45) is 3.93. The van der Waals surface area contributed by atoms with E-state index in [1.54, 1.807) is 0 Å². The van der Waals surface area contributed by atoms with Crippen molar-refractivity contribution in [2.75, 3.05) is 7.11 Å². The van der Waals surface area contributed by atoms with Gasteiger partial charge in [0.2, 0.25) is 0 Å². The molecule has 2 rings (SSSR count). The van der Waals surface area contributed by atoms with Crippen LogP contribution < -0.4 is 5.32 Å². The highest BCUT2D eigenvalue weighted by Crippen LogP contribution is 2.26. The number of nitrogens with one attached hydrogen (secondary N) is 1. The molecule has 0 heterocycles. The zero-order chi connectivity index (χ0) is 13.8. The minimum atomic E-state index is -1.09. The van der Waals surface area contributed by atoms with Crippen molar-refractivity contribution >= 4 is 5.97 Å². The van der Waals surface area contributed by atoms with Crippen molar-refractivity contribution in [1.82, 2.24) is 5.32 Å². The maximum atomic E-state index is 13.8. The summed E-state index contributed by atoms with van der Waals surface area (Å²) in [5, 5.41) is 3.01. The molecule has 0 aromatic heterocycles. The summed E-state index contributed by atoms with van der Waals surface area (Å²) in [5.41, 5.74) is -0.263. The lowest BCUT2D eigenvalue weighted by atomic mass is 10.0. The first kappa shape index (κ1) is 13.9. The van der Waals surface area contributed by atoms with E-state index < -0.39 is 23.6 Å². The van der Waals surface area contributed by atoms with E-state index in [4.69, 9.17) is 0 Å². The Labute approximate surface area is 111 Å². The van der Waals surface area contributed by atoms with Crippen molar-refractivity contribution < 1.29 is 18.3 Å². The largest absolute Gasteiger partial charge is 0.468 e. The molecule has 1 aliphatic rings. The van der Waals surface area contributed by atoms with E-state index in [1.807, 2.05) is 0 Å². The lowest BCUT2D eigenvalue weighted by Crippen LogP contribution is -2.37. The Hall–Kier alpha value is -1.49. The first-order valence-electron chi connectivity index (χ1n) is 6.41. The van der Waals surface area contributed by atoms with Gasteiger partial charge in [0.25, 0.3) is 0 Å². The second-order valence-corrected chi connectivity index (χ2v) is 4.74. The first-order valence-corrected chi connectivity index (χ1v) is 6.41. The van der Waals surface area contributed by atoms with Crippen LogP contribution in [0.5, 0.6) is 0 Å². The zero-order valence-electron chi connectivity index (χ0n) is 10.8. The van der Waals surface area contributed by atoms with Crippen LogP contribution in [0.25, 0.3) is 0 Å². The van der Waals surface area contributed by atoms with Gasteiger partial charge in [0.1, 0.15) is 17.7 Å². The number of hydrogen-bond donors (Lipinski definition) is 1. The molecule has 1 aromatic rings. The molecule has 0 saturated heterocycles. The molecule has 1 atom stereocenters. The van der Waals surface area contributed by atoms with E-state index >= 15 is 0 Å². The smallest absolute Gasteiger partial charge is 0.327 e. The fourth-order valence-electron chi connectivity index (χ4n) is 2.50. The van der Waals surface area contributed by atoms with Gasteiger partial charge in [0.15, 0.2) is 0 Å². The average Bonchev–Trinajstić information content (AvgIpc) is 2.89. The number of carbonyl (C=O) groups is 1. The van der Waals surface area contributed by atoms with Gasteiger partial charge in [0, 0.05) is 6.04 Å². The van der Waals surface area contributed by atoms with Crippen LogP contribution in [0.4, 0.5) is 8.78 Å². The highest BCUT2D eigenvalue weighted by atomic mass is 19.1. The summed E-state index contributed by atoms with van der Waals surface area (Å²) in [4.78, 5) is 11.8. The molecule has 1 unspecified atom stereocenters. The zero-order valence-corrected chi connectivity index (χ0v) is 10.8. The van der Waals surface area contributed by atoms with Crippen molar-refractivity contribution in [3.63, 3.8) is 0 Å². The summed E-state index contributed by atoms with van der Waals surface area (Å²) in [6.45, 7) is 0. The van der Waals surface area contributed by atoms with Crippen molar-refractivity contribution in [3.8, 4) is 0 Å². The summed E-state index contributed by atoms with van der Waals surface area (Å²) < 4.78 is 32.2. The average molecular weight is 269 g/mol. The molecule has 3 nitrogen and oxygen atoms in total. The molecule has 1 aromatic carbocycles. The van der Waals surface area contributed by atoms with E-state index in [-0.39, 0.29) is 11.6 Å². The molecule has 19 heavy (non-hydrogen) atoms. The third kappa shape index (κ3) is 3.10. The van der Waals surface area contributed by atoms with Gasteiger partial charge in [-0.05, 0) is 25.0 Å². The predicted molar refractivity (Wildman–Crippen MR) is 66.5 cm³/mol. The minimum Gasteiger partial charge on any atom is -0.468 e. The summed E-state index contributed by atoms with van der Waals surface area (Å²) >= 11 is 0. The number of rotatable bonds is 4. The van der Waals surface area contributed by atoms with Gasteiger partial charge in [-0.2, -0.15) is 0 Å². The first-order chi connectivity index (χ1) is 9.13. The molecule has 1 N–H and O–H groups in total. The normalized spacial score (nSPS) is 17.4. The standard InChI is InChI=1S/C14H17F2NO2/c1-19-14(18)13(17-9-5-2-3-6-9)12-10(15)7-4-8-11(12)16/h4,7-9,13,17H,2-3,5-6H2,1H3. The monoisotopic (exact) mass is 269 g/mol. The van der Waals surface area contributed by atoms with E-state index in [0.717, 1.165) is 37.8 Å². The molecular formula is C14H17F2NO2. The molecule has 0 aliphatic heterocycles. The summed E-state index contributed by atoms with van der Waals surface area (Å²) in [5.74, 6) is -2.14. The van der Waals surface area contributed by atoms with Crippen LogP contribution in [-0.2, 0) is 9.53 Å².